The monoisotopic (exact) mass is 434 g/mol. The summed E-state index contributed by atoms with van der Waals surface area (Å²) >= 11 is 0.748. The van der Waals surface area contributed by atoms with Crippen molar-refractivity contribution in [3.63, 3.8) is 0 Å². The van der Waals surface area contributed by atoms with Gasteiger partial charge in [0.25, 0.3) is 5.95 Å². The standard InChI is InChI=1S/C19H17F3N6OS/c1-9-8-10(2)25-17(24-9)28-15(23)14(11(3)27-28)18(29,19(20,21)22)16-26-12-6-4-5-7-13(12)30-16/h4-8,29H,23H2,1-3H3/t18-/m1/s1. The highest BCUT2D eigenvalue weighted by atomic mass is 32.1. The molecule has 0 saturated carbocycles. The lowest BCUT2D eigenvalue weighted by atomic mass is 9.93. The molecule has 3 heterocycles. The molecule has 0 fully saturated rings. The van der Waals surface area contributed by atoms with Crippen molar-refractivity contribution in [2.75, 3.05) is 5.73 Å². The van der Waals surface area contributed by atoms with E-state index in [0.717, 1.165) is 16.0 Å². The predicted octanol–water partition coefficient (Wildman–Crippen LogP) is 3.58. The molecule has 0 aliphatic heterocycles. The minimum Gasteiger partial charge on any atom is -0.383 e. The molecular weight excluding hydrogens is 417 g/mol. The first kappa shape index (κ1) is 20.2. The van der Waals surface area contributed by atoms with E-state index in [9.17, 15) is 18.3 Å². The van der Waals surface area contributed by atoms with E-state index in [1.807, 2.05) is 0 Å². The molecular formula is C19H17F3N6OS. The third kappa shape index (κ3) is 3.01. The largest absolute Gasteiger partial charge is 0.428 e. The number of thiazole rings is 1. The van der Waals surface area contributed by atoms with Crippen molar-refractivity contribution in [2.45, 2.75) is 32.5 Å². The minimum absolute atomic E-state index is 0.0215. The number of anilines is 1. The van der Waals surface area contributed by atoms with Gasteiger partial charge in [-0.2, -0.15) is 23.0 Å². The van der Waals surface area contributed by atoms with Gasteiger partial charge in [-0.25, -0.2) is 15.0 Å². The Morgan fingerprint density at radius 3 is 2.27 bits per heavy atom. The third-order valence-corrected chi connectivity index (χ3v) is 5.78. The van der Waals surface area contributed by atoms with E-state index in [1.165, 1.54) is 6.92 Å². The number of benzene rings is 1. The summed E-state index contributed by atoms with van der Waals surface area (Å²) in [5.74, 6) is -0.384. The molecule has 0 saturated heterocycles. The number of hydrogen-bond donors (Lipinski definition) is 2. The number of aliphatic hydroxyl groups is 1. The molecule has 0 amide bonds. The lowest BCUT2D eigenvalue weighted by Crippen LogP contribution is -2.44. The molecule has 3 aromatic heterocycles. The number of para-hydroxylation sites is 1. The van der Waals surface area contributed by atoms with Gasteiger partial charge in [-0.1, -0.05) is 12.1 Å². The number of nitrogen functional groups attached to an aromatic ring is 1. The van der Waals surface area contributed by atoms with Gasteiger partial charge in [-0.05, 0) is 39.0 Å². The molecule has 0 bridgehead atoms. The molecule has 4 aromatic rings. The Morgan fingerprint density at radius 2 is 1.67 bits per heavy atom. The number of hydrogen-bond acceptors (Lipinski definition) is 7. The van der Waals surface area contributed by atoms with E-state index < -0.39 is 28.2 Å². The number of nitrogens with zero attached hydrogens (tertiary/aromatic N) is 5. The molecule has 0 unspecified atom stereocenters. The van der Waals surface area contributed by atoms with Crippen LogP contribution in [0.1, 0.15) is 27.7 Å². The summed E-state index contributed by atoms with van der Waals surface area (Å²) in [6.07, 6.45) is -5.10. The van der Waals surface area contributed by atoms with Crippen LogP contribution in [0.2, 0.25) is 0 Å². The molecule has 30 heavy (non-hydrogen) atoms. The Bertz CT molecular complexity index is 1210. The van der Waals surface area contributed by atoms with Gasteiger partial charge in [0.05, 0.1) is 21.5 Å². The van der Waals surface area contributed by atoms with E-state index in [1.54, 1.807) is 44.2 Å². The van der Waals surface area contributed by atoms with E-state index in [-0.39, 0.29) is 11.6 Å². The molecule has 0 aliphatic carbocycles. The zero-order chi connectivity index (χ0) is 21.8. The van der Waals surface area contributed by atoms with Crippen LogP contribution in [0.25, 0.3) is 16.2 Å². The predicted molar refractivity (Wildman–Crippen MR) is 106 cm³/mol. The van der Waals surface area contributed by atoms with Gasteiger partial charge in [0.15, 0.2) is 0 Å². The van der Waals surface area contributed by atoms with E-state index in [2.05, 4.69) is 20.1 Å². The van der Waals surface area contributed by atoms with E-state index in [4.69, 9.17) is 5.73 Å². The van der Waals surface area contributed by atoms with E-state index in [0.29, 0.717) is 21.6 Å². The second kappa shape index (κ2) is 6.74. The summed E-state index contributed by atoms with van der Waals surface area (Å²) in [4.78, 5) is 12.5. The number of alkyl halides is 3. The fraction of sp³-hybridized carbons (Fsp3) is 0.263. The summed E-state index contributed by atoms with van der Waals surface area (Å²) in [6.45, 7) is 4.78. The Balaban J connectivity index is 1.98. The molecule has 4 rings (SSSR count). The second-order valence-corrected chi connectivity index (χ2v) is 7.93. The zero-order valence-electron chi connectivity index (χ0n) is 16.2. The van der Waals surface area contributed by atoms with Crippen LogP contribution in [0.15, 0.2) is 30.3 Å². The molecule has 3 N–H and O–H groups in total. The van der Waals surface area contributed by atoms with Crippen LogP contribution >= 0.6 is 11.3 Å². The minimum atomic E-state index is -5.10. The molecule has 0 radical (unpaired) electrons. The van der Waals surface area contributed by atoms with Crippen molar-refractivity contribution in [3.8, 4) is 5.95 Å². The lowest BCUT2D eigenvalue weighted by Gasteiger charge is -2.28. The Kier molecular flexibility index (Phi) is 4.55. The van der Waals surface area contributed by atoms with Gasteiger partial charge in [0.1, 0.15) is 10.8 Å². The maximum atomic E-state index is 14.3. The highest BCUT2D eigenvalue weighted by molar-refractivity contribution is 7.18. The molecule has 1 atom stereocenters. The van der Waals surface area contributed by atoms with Crippen molar-refractivity contribution in [1.29, 1.82) is 0 Å². The van der Waals surface area contributed by atoms with Crippen molar-refractivity contribution in [3.05, 3.63) is 58.0 Å². The SMILES string of the molecule is Cc1cc(C)nc(-n2nc(C)c([C@@](O)(c3nc4ccccc4s3)C(F)(F)F)c2N)n1. The number of rotatable bonds is 3. The topological polar surface area (TPSA) is 103 Å². The van der Waals surface area contributed by atoms with Crippen molar-refractivity contribution in [1.82, 2.24) is 24.7 Å². The summed E-state index contributed by atoms with van der Waals surface area (Å²) in [7, 11) is 0. The molecule has 156 valence electrons. The van der Waals surface area contributed by atoms with Gasteiger partial charge in [-0.15, -0.1) is 11.3 Å². The first-order valence-electron chi connectivity index (χ1n) is 8.85. The Hall–Kier alpha value is -3.05. The number of halogens is 3. The highest BCUT2D eigenvalue weighted by Crippen LogP contribution is 2.49. The van der Waals surface area contributed by atoms with Gasteiger partial charge >= 0.3 is 6.18 Å². The van der Waals surface area contributed by atoms with Crippen LogP contribution in [-0.4, -0.2) is 36.0 Å². The maximum Gasteiger partial charge on any atom is 0.428 e. The average Bonchev–Trinajstić information content (AvgIpc) is 3.20. The number of fused-ring (bicyclic) bond motifs is 1. The van der Waals surface area contributed by atoms with Gasteiger partial charge < -0.3 is 10.8 Å². The van der Waals surface area contributed by atoms with E-state index >= 15 is 0 Å². The molecule has 0 aliphatic rings. The molecule has 0 spiro atoms. The first-order chi connectivity index (χ1) is 14.0. The highest BCUT2D eigenvalue weighted by Gasteiger charge is 2.61. The summed E-state index contributed by atoms with van der Waals surface area (Å²) in [5.41, 5.74) is 3.51. The second-order valence-electron chi connectivity index (χ2n) is 6.90. The molecule has 11 heteroatoms. The third-order valence-electron chi connectivity index (χ3n) is 4.63. The lowest BCUT2D eigenvalue weighted by molar-refractivity contribution is -0.248. The average molecular weight is 434 g/mol. The van der Waals surface area contributed by atoms with Crippen LogP contribution in [-0.2, 0) is 5.60 Å². The first-order valence-corrected chi connectivity index (χ1v) is 9.67. The fourth-order valence-electron chi connectivity index (χ4n) is 3.34. The maximum absolute atomic E-state index is 14.3. The summed E-state index contributed by atoms with van der Waals surface area (Å²) < 4.78 is 44.4. The number of aromatic nitrogens is 5. The van der Waals surface area contributed by atoms with Crippen LogP contribution in [0.4, 0.5) is 19.0 Å². The van der Waals surface area contributed by atoms with Gasteiger partial charge in [0, 0.05) is 11.4 Å². The van der Waals surface area contributed by atoms with Gasteiger partial charge in [0.2, 0.25) is 5.60 Å². The normalized spacial score (nSPS) is 14.2. The van der Waals surface area contributed by atoms with Gasteiger partial charge in [-0.3, -0.25) is 0 Å². The number of aryl methyl sites for hydroxylation is 3. The summed E-state index contributed by atoms with van der Waals surface area (Å²) in [5, 5.41) is 14.6. The van der Waals surface area contributed by atoms with Crippen LogP contribution in [0.5, 0.6) is 0 Å². The molecule has 1 aromatic carbocycles. The number of nitrogens with two attached hydrogens (primary N) is 1. The molecule has 7 nitrogen and oxygen atoms in total. The quantitative estimate of drug-likeness (QED) is 0.511. The zero-order valence-corrected chi connectivity index (χ0v) is 17.0. The van der Waals surface area contributed by atoms with Crippen LogP contribution < -0.4 is 5.73 Å². The van der Waals surface area contributed by atoms with Crippen LogP contribution in [0, 0.1) is 20.8 Å². The van der Waals surface area contributed by atoms with Crippen molar-refractivity contribution >= 4 is 27.4 Å². The van der Waals surface area contributed by atoms with Crippen molar-refractivity contribution in [2.24, 2.45) is 0 Å². The summed E-state index contributed by atoms with van der Waals surface area (Å²) in [6, 6.07) is 8.27. The van der Waals surface area contributed by atoms with Crippen molar-refractivity contribution < 1.29 is 18.3 Å². The Labute approximate surface area is 173 Å². The van der Waals surface area contributed by atoms with Crippen LogP contribution in [0.3, 0.4) is 0 Å². The smallest absolute Gasteiger partial charge is 0.383 e. The fourth-order valence-corrected chi connectivity index (χ4v) is 4.43. The Morgan fingerprint density at radius 1 is 1.03 bits per heavy atom.